The van der Waals surface area contributed by atoms with Crippen LogP contribution in [0.15, 0.2) is 24.3 Å². The molecule has 0 radical (unpaired) electrons. The van der Waals surface area contributed by atoms with E-state index in [4.69, 9.17) is 0 Å². The molecule has 1 aliphatic heterocycles. The standard InChI is InChI=1S/C19H25N3O/c20-15-19(9-2-3-10-19)21-18(23)17-8-6-7-16(13-17)14-22-11-4-1-5-12-22/h6-8,13H,1-5,9-12,14H2,(H,21,23). The van der Waals surface area contributed by atoms with Gasteiger partial charge < -0.3 is 5.32 Å². The fourth-order valence-corrected chi connectivity index (χ4v) is 3.72. The van der Waals surface area contributed by atoms with Crippen LogP contribution in [0.25, 0.3) is 0 Å². The minimum atomic E-state index is -0.653. The van der Waals surface area contributed by atoms with Gasteiger partial charge >= 0.3 is 0 Å². The molecule has 3 rings (SSSR count). The Hall–Kier alpha value is -1.86. The molecule has 0 unspecified atom stereocenters. The summed E-state index contributed by atoms with van der Waals surface area (Å²) >= 11 is 0. The minimum Gasteiger partial charge on any atom is -0.334 e. The fourth-order valence-electron chi connectivity index (χ4n) is 3.72. The van der Waals surface area contributed by atoms with E-state index in [0.29, 0.717) is 5.56 Å². The van der Waals surface area contributed by atoms with Crippen LogP contribution < -0.4 is 5.32 Å². The van der Waals surface area contributed by atoms with Crippen LogP contribution in [0.1, 0.15) is 60.9 Å². The number of nitrogens with zero attached hydrogens (tertiary/aromatic N) is 2. The van der Waals surface area contributed by atoms with Crippen LogP contribution in [0.5, 0.6) is 0 Å². The Balaban J connectivity index is 1.66. The summed E-state index contributed by atoms with van der Waals surface area (Å²) in [5.74, 6) is -0.117. The Morgan fingerprint density at radius 1 is 1.17 bits per heavy atom. The zero-order chi connectivity index (χ0) is 16.1. The SMILES string of the molecule is N#CC1(NC(=O)c2cccc(CN3CCCCC3)c2)CCCC1. The molecule has 1 saturated carbocycles. The van der Waals surface area contributed by atoms with Gasteiger partial charge in [0.05, 0.1) is 6.07 Å². The molecule has 23 heavy (non-hydrogen) atoms. The van der Waals surface area contributed by atoms with Gasteiger partial charge in [0.1, 0.15) is 5.54 Å². The number of hydrogen-bond donors (Lipinski definition) is 1. The van der Waals surface area contributed by atoms with Crippen molar-refractivity contribution in [2.45, 2.75) is 57.0 Å². The van der Waals surface area contributed by atoms with Crippen molar-refractivity contribution in [2.75, 3.05) is 13.1 Å². The summed E-state index contributed by atoms with van der Waals surface area (Å²) in [7, 11) is 0. The maximum absolute atomic E-state index is 12.5. The van der Waals surface area contributed by atoms with Crippen LogP contribution in [-0.2, 0) is 6.54 Å². The van der Waals surface area contributed by atoms with Crippen LogP contribution >= 0.6 is 0 Å². The van der Waals surface area contributed by atoms with Gasteiger partial charge in [0.15, 0.2) is 0 Å². The third-order valence-electron chi connectivity index (χ3n) is 5.07. The van der Waals surface area contributed by atoms with Crippen LogP contribution in [-0.4, -0.2) is 29.4 Å². The topological polar surface area (TPSA) is 56.1 Å². The molecule has 1 heterocycles. The third-order valence-corrected chi connectivity index (χ3v) is 5.07. The highest BCUT2D eigenvalue weighted by atomic mass is 16.1. The average Bonchev–Trinajstić information content (AvgIpc) is 3.05. The normalized spacial score (nSPS) is 20.8. The second-order valence-corrected chi connectivity index (χ2v) is 6.89. The average molecular weight is 311 g/mol. The van der Waals surface area contributed by atoms with E-state index in [0.717, 1.165) is 45.3 Å². The molecule has 0 bridgehead atoms. The van der Waals surface area contributed by atoms with E-state index in [1.807, 2.05) is 18.2 Å². The summed E-state index contributed by atoms with van der Waals surface area (Å²) in [5.41, 5.74) is 1.19. The Labute approximate surface area is 138 Å². The molecule has 2 fully saturated rings. The summed E-state index contributed by atoms with van der Waals surface area (Å²) in [5, 5.41) is 12.4. The van der Waals surface area contributed by atoms with E-state index in [1.165, 1.54) is 24.8 Å². The van der Waals surface area contributed by atoms with Crippen molar-refractivity contribution in [3.05, 3.63) is 35.4 Å². The van der Waals surface area contributed by atoms with Crippen molar-refractivity contribution < 1.29 is 4.79 Å². The van der Waals surface area contributed by atoms with E-state index in [2.05, 4.69) is 22.4 Å². The van der Waals surface area contributed by atoms with E-state index in [-0.39, 0.29) is 5.91 Å². The maximum Gasteiger partial charge on any atom is 0.252 e. The van der Waals surface area contributed by atoms with Crippen LogP contribution in [0, 0.1) is 11.3 Å². The van der Waals surface area contributed by atoms with Crippen molar-refractivity contribution >= 4 is 5.91 Å². The number of carbonyl (C=O) groups is 1. The number of carbonyl (C=O) groups excluding carboxylic acids is 1. The van der Waals surface area contributed by atoms with Crippen molar-refractivity contribution in [3.63, 3.8) is 0 Å². The highest BCUT2D eigenvalue weighted by molar-refractivity contribution is 5.95. The summed E-state index contributed by atoms with van der Waals surface area (Å²) in [6.45, 7) is 3.20. The molecular formula is C19H25N3O. The Morgan fingerprint density at radius 3 is 2.61 bits per heavy atom. The Kier molecular flexibility index (Phi) is 4.97. The summed E-state index contributed by atoms with van der Waals surface area (Å²) < 4.78 is 0. The summed E-state index contributed by atoms with van der Waals surface area (Å²) in [4.78, 5) is 15.0. The first kappa shape index (κ1) is 16.0. The van der Waals surface area contributed by atoms with Crippen molar-refractivity contribution in [3.8, 4) is 6.07 Å². The second-order valence-electron chi connectivity index (χ2n) is 6.89. The zero-order valence-electron chi connectivity index (χ0n) is 13.7. The molecule has 0 spiro atoms. The molecule has 4 nitrogen and oxygen atoms in total. The lowest BCUT2D eigenvalue weighted by atomic mass is 9.99. The number of nitrogens with one attached hydrogen (secondary N) is 1. The zero-order valence-corrected chi connectivity index (χ0v) is 13.7. The lowest BCUT2D eigenvalue weighted by molar-refractivity contribution is 0.0920. The van der Waals surface area contributed by atoms with Crippen LogP contribution in [0.4, 0.5) is 0 Å². The minimum absolute atomic E-state index is 0.117. The molecule has 1 aromatic carbocycles. The molecule has 1 aliphatic carbocycles. The maximum atomic E-state index is 12.5. The highest BCUT2D eigenvalue weighted by Gasteiger charge is 2.35. The molecule has 1 aromatic rings. The van der Waals surface area contributed by atoms with Gasteiger partial charge in [-0.1, -0.05) is 18.6 Å². The van der Waals surface area contributed by atoms with Gasteiger partial charge in [-0.15, -0.1) is 0 Å². The molecule has 1 N–H and O–H groups in total. The molecule has 0 atom stereocenters. The number of rotatable bonds is 4. The van der Waals surface area contributed by atoms with Crippen molar-refractivity contribution in [1.82, 2.24) is 10.2 Å². The predicted molar refractivity (Wildman–Crippen MR) is 89.8 cm³/mol. The molecule has 0 aromatic heterocycles. The van der Waals surface area contributed by atoms with Gasteiger partial charge in [0.2, 0.25) is 0 Å². The highest BCUT2D eigenvalue weighted by Crippen LogP contribution is 2.29. The molecule has 2 aliphatic rings. The number of nitriles is 1. The van der Waals surface area contributed by atoms with Gasteiger partial charge in [0.25, 0.3) is 5.91 Å². The van der Waals surface area contributed by atoms with Crippen molar-refractivity contribution in [1.29, 1.82) is 5.26 Å². The number of piperidine rings is 1. The largest absolute Gasteiger partial charge is 0.334 e. The predicted octanol–water partition coefficient (Wildman–Crippen LogP) is 3.24. The van der Waals surface area contributed by atoms with E-state index < -0.39 is 5.54 Å². The smallest absolute Gasteiger partial charge is 0.252 e. The molecule has 122 valence electrons. The van der Waals surface area contributed by atoms with Gasteiger partial charge in [-0.05, 0) is 69.3 Å². The van der Waals surface area contributed by atoms with Crippen molar-refractivity contribution in [2.24, 2.45) is 0 Å². The van der Waals surface area contributed by atoms with Gasteiger partial charge in [-0.25, -0.2) is 0 Å². The number of hydrogen-bond acceptors (Lipinski definition) is 3. The summed E-state index contributed by atoms with van der Waals surface area (Å²) in [6, 6.07) is 10.2. The number of benzene rings is 1. The number of likely N-dealkylation sites (tertiary alicyclic amines) is 1. The summed E-state index contributed by atoms with van der Waals surface area (Å²) in [6.07, 6.45) is 7.43. The number of amides is 1. The molecule has 1 saturated heterocycles. The lowest BCUT2D eigenvalue weighted by Gasteiger charge is -2.26. The molecule has 1 amide bonds. The quantitative estimate of drug-likeness (QED) is 0.928. The molecular weight excluding hydrogens is 286 g/mol. The fraction of sp³-hybridized carbons (Fsp3) is 0.579. The first-order valence-corrected chi connectivity index (χ1v) is 8.76. The van der Waals surface area contributed by atoms with Crippen LogP contribution in [0.2, 0.25) is 0 Å². The van der Waals surface area contributed by atoms with E-state index in [9.17, 15) is 10.1 Å². The monoisotopic (exact) mass is 311 g/mol. The van der Waals surface area contributed by atoms with E-state index in [1.54, 1.807) is 0 Å². The van der Waals surface area contributed by atoms with Crippen LogP contribution in [0.3, 0.4) is 0 Å². The van der Waals surface area contributed by atoms with Gasteiger partial charge in [-0.3, -0.25) is 9.69 Å². The second kappa shape index (κ2) is 7.14. The first-order valence-electron chi connectivity index (χ1n) is 8.76. The van der Waals surface area contributed by atoms with E-state index >= 15 is 0 Å². The Morgan fingerprint density at radius 2 is 1.91 bits per heavy atom. The third kappa shape index (κ3) is 3.92. The van der Waals surface area contributed by atoms with Gasteiger partial charge in [-0.2, -0.15) is 5.26 Å². The lowest BCUT2D eigenvalue weighted by Crippen LogP contribution is -2.45. The molecule has 4 heteroatoms. The first-order chi connectivity index (χ1) is 11.2. The van der Waals surface area contributed by atoms with Gasteiger partial charge in [0, 0.05) is 12.1 Å². The Bertz CT molecular complexity index is 593.